The first-order chi connectivity index (χ1) is 9.46. The third-order valence-corrected chi connectivity index (χ3v) is 4.74. The number of fused-ring (bicyclic) bond motifs is 1. The lowest BCUT2D eigenvalue weighted by atomic mass is 9.71. The van der Waals surface area contributed by atoms with Crippen molar-refractivity contribution in [1.82, 2.24) is 0 Å². The Hall–Kier alpha value is -1.35. The van der Waals surface area contributed by atoms with Gasteiger partial charge in [-0.05, 0) is 49.1 Å². The van der Waals surface area contributed by atoms with Crippen molar-refractivity contribution in [1.29, 1.82) is 0 Å². The smallest absolute Gasteiger partial charge is 0.169 e. The van der Waals surface area contributed by atoms with Crippen LogP contribution in [0.25, 0.3) is 11.0 Å². The van der Waals surface area contributed by atoms with E-state index in [4.69, 9.17) is 10.2 Å². The van der Waals surface area contributed by atoms with E-state index in [0.717, 1.165) is 24.0 Å². The molecule has 0 spiro atoms. The quantitative estimate of drug-likeness (QED) is 0.856. The van der Waals surface area contributed by atoms with E-state index in [0.29, 0.717) is 16.9 Å². The zero-order chi connectivity index (χ0) is 14.3. The van der Waals surface area contributed by atoms with Gasteiger partial charge >= 0.3 is 0 Å². The van der Waals surface area contributed by atoms with Crippen molar-refractivity contribution in [3.8, 4) is 0 Å². The molecule has 1 heterocycles. The fraction of sp³-hybridized carbons (Fsp3) is 0.529. The van der Waals surface area contributed by atoms with Gasteiger partial charge in [0.15, 0.2) is 11.4 Å². The van der Waals surface area contributed by atoms with Gasteiger partial charge in [-0.1, -0.05) is 26.0 Å². The number of rotatable bonds is 2. The van der Waals surface area contributed by atoms with Crippen molar-refractivity contribution in [2.75, 3.05) is 0 Å². The van der Waals surface area contributed by atoms with Crippen LogP contribution in [0.3, 0.4) is 0 Å². The molecule has 2 nitrogen and oxygen atoms in total. The second-order valence-electron chi connectivity index (χ2n) is 6.83. The van der Waals surface area contributed by atoms with Crippen LogP contribution in [0.15, 0.2) is 28.7 Å². The SMILES string of the molecule is CC1(C)CCC(C(N)c2cc3cccc(F)c3o2)CC1. The van der Waals surface area contributed by atoms with Gasteiger partial charge in [-0.25, -0.2) is 4.39 Å². The summed E-state index contributed by atoms with van der Waals surface area (Å²) in [5.41, 5.74) is 7.11. The molecule has 0 amide bonds. The summed E-state index contributed by atoms with van der Waals surface area (Å²) in [5, 5.41) is 0.798. The average molecular weight is 275 g/mol. The molecule has 1 atom stereocenters. The molecular weight excluding hydrogens is 253 g/mol. The van der Waals surface area contributed by atoms with E-state index >= 15 is 0 Å². The van der Waals surface area contributed by atoms with Crippen LogP contribution in [0.4, 0.5) is 4.39 Å². The highest BCUT2D eigenvalue weighted by Crippen LogP contribution is 2.42. The molecule has 108 valence electrons. The minimum absolute atomic E-state index is 0.127. The molecule has 1 fully saturated rings. The van der Waals surface area contributed by atoms with Gasteiger partial charge in [-0.15, -0.1) is 0 Å². The molecule has 0 radical (unpaired) electrons. The normalized spacial score (nSPS) is 21.2. The maximum absolute atomic E-state index is 13.7. The Morgan fingerprint density at radius 3 is 2.65 bits per heavy atom. The standard InChI is InChI=1S/C17H22FNO/c1-17(2)8-6-11(7-9-17)15(19)14-10-12-4-3-5-13(18)16(12)20-14/h3-5,10-11,15H,6-9,19H2,1-2H3. The fourth-order valence-electron chi connectivity index (χ4n) is 3.22. The summed E-state index contributed by atoms with van der Waals surface area (Å²) in [7, 11) is 0. The third kappa shape index (κ3) is 2.47. The molecule has 1 aliphatic carbocycles. The van der Waals surface area contributed by atoms with E-state index in [-0.39, 0.29) is 11.9 Å². The van der Waals surface area contributed by atoms with Gasteiger partial charge in [0.2, 0.25) is 0 Å². The molecule has 1 aromatic carbocycles. The molecule has 2 N–H and O–H groups in total. The van der Waals surface area contributed by atoms with E-state index in [9.17, 15) is 4.39 Å². The maximum atomic E-state index is 13.7. The fourth-order valence-corrected chi connectivity index (χ4v) is 3.22. The monoisotopic (exact) mass is 275 g/mol. The summed E-state index contributed by atoms with van der Waals surface area (Å²) in [5.74, 6) is 0.840. The van der Waals surface area contributed by atoms with Crippen LogP contribution >= 0.6 is 0 Å². The van der Waals surface area contributed by atoms with Crippen molar-refractivity contribution in [2.45, 2.75) is 45.6 Å². The molecule has 1 aromatic heterocycles. The van der Waals surface area contributed by atoms with Gasteiger partial charge in [0.1, 0.15) is 5.76 Å². The Balaban J connectivity index is 1.82. The lowest BCUT2D eigenvalue weighted by Gasteiger charge is -2.36. The predicted molar refractivity (Wildman–Crippen MR) is 78.8 cm³/mol. The van der Waals surface area contributed by atoms with Crippen molar-refractivity contribution >= 4 is 11.0 Å². The summed E-state index contributed by atoms with van der Waals surface area (Å²) in [6.45, 7) is 4.62. The number of halogens is 1. The minimum atomic E-state index is -0.314. The summed E-state index contributed by atoms with van der Waals surface area (Å²) >= 11 is 0. The lowest BCUT2D eigenvalue weighted by Crippen LogP contribution is -2.28. The molecule has 1 aliphatic rings. The zero-order valence-electron chi connectivity index (χ0n) is 12.2. The number of furan rings is 1. The van der Waals surface area contributed by atoms with Gasteiger partial charge in [0.25, 0.3) is 0 Å². The van der Waals surface area contributed by atoms with E-state index in [1.807, 2.05) is 12.1 Å². The van der Waals surface area contributed by atoms with E-state index in [2.05, 4.69) is 13.8 Å². The number of hydrogen-bond donors (Lipinski definition) is 1. The molecular formula is C17H22FNO. The second-order valence-corrected chi connectivity index (χ2v) is 6.83. The number of para-hydroxylation sites is 1. The molecule has 0 saturated heterocycles. The molecule has 3 heteroatoms. The van der Waals surface area contributed by atoms with Gasteiger partial charge < -0.3 is 10.2 Å². The highest BCUT2D eigenvalue weighted by Gasteiger charge is 2.31. The van der Waals surface area contributed by atoms with Crippen molar-refractivity contribution in [2.24, 2.45) is 17.1 Å². The van der Waals surface area contributed by atoms with Crippen LogP contribution in [0.2, 0.25) is 0 Å². The largest absolute Gasteiger partial charge is 0.456 e. The van der Waals surface area contributed by atoms with Crippen LogP contribution in [0.1, 0.15) is 51.3 Å². The Kier molecular flexibility index (Phi) is 3.33. The van der Waals surface area contributed by atoms with Crippen LogP contribution in [-0.4, -0.2) is 0 Å². The molecule has 0 bridgehead atoms. The molecule has 2 aromatic rings. The Bertz CT molecular complexity index is 606. The van der Waals surface area contributed by atoms with Crippen molar-refractivity contribution in [3.63, 3.8) is 0 Å². The van der Waals surface area contributed by atoms with Crippen molar-refractivity contribution in [3.05, 3.63) is 35.8 Å². The van der Waals surface area contributed by atoms with Gasteiger partial charge in [-0.3, -0.25) is 0 Å². The molecule has 1 saturated carbocycles. The first kappa shape index (κ1) is 13.6. The summed E-state index contributed by atoms with van der Waals surface area (Å²) < 4.78 is 19.3. The highest BCUT2D eigenvalue weighted by molar-refractivity contribution is 5.78. The lowest BCUT2D eigenvalue weighted by molar-refractivity contribution is 0.167. The molecule has 1 unspecified atom stereocenters. The maximum Gasteiger partial charge on any atom is 0.169 e. The highest BCUT2D eigenvalue weighted by atomic mass is 19.1. The number of benzene rings is 1. The van der Waals surface area contributed by atoms with Gasteiger partial charge in [0.05, 0.1) is 6.04 Å². The average Bonchev–Trinajstić information content (AvgIpc) is 2.83. The first-order valence-electron chi connectivity index (χ1n) is 7.40. The van der Waals surface area contributed by atoms with Gasteiger partial charge in [0, 0.05) is 5.39 Å². The van der Waals surface area contributed by atoms with E-state index < -0.39 is 0 Å². The Labute approximate surface area is 119 Å². The van der Waals surface area contributed by atoms with Crippen LogP contribution in [0.5, 0.6) is 0 Å². The molecule has 20 heavy (non-hydrogen) atoms. The van der Waals surface area contributed by atoms with Crippen LogP contribution in [0, 0.1) is 17.2 Å². The van der Waals surface area contributed by atoms with E-state index in [1.165, 1.54) is 18.9 Å². The van der Waals surface area contributed by atoms with Crippen molar-refractivity contribution < 1.29 is 8.81 Å². The van der Waals surface area contributed by atoms with Crippen LogP contribution < -0.4 is 5.73 Å². The topological polar surface area (TPSA) is 39.2 Å². The summed E-state index contributed by atoms with van der Waals surface area (Å²) in [4.78, 5) is 0. The number of nitrogens with two attached hydrogens (primary N) is 1. The zero-order valence-corrected chi connectivity index (χ0v) is 12.2. The van der Waals surface area contributed by atoms with Gasteiger partial charge in [-0.2, -0.15) is 0 Å². The minimum Gasteiger partial charge on any atom is -0.456 e. The number of hydrogen-bond acceptors (Lipinski definition) is 2. The summed E-state index contributed by atoms with van der Waals surface area (Å²) in [6, 6.07) is 6.75. The summed E-state index contributed by atoms with van der Waals surface area (Å²) in [6.07, 6.45) is 4.63. The Morgan fingerprint density at radius 2 is 2.00 bits per heavy atom. The molecule has 3 rings (SSSR count). The molecule has 0 aliphatic heterocycles. The van der Waals surface area contributed by atoms with Crippen LogP contribution in [-0.2, 0) is 0 Å². The first-order valence-corrected chi connectivity index (χ1v) is 7.40. The third-order valence-electron chi connectivity index (χ3n) is 4.74. The second kappa shape index (κ2) is 4.88. The Morgan fingerprint density at radius 1 is 1.30 bits per heavy atom. The predicted octanol–water partition coefficient (Wildman–Crippen LogP) is 4.79. The van der Waals surface area contributed by atoms with E-state index in [1.54, 1.807) is 6.07 Å².